The maximum atomic E-state index is 12.5. The van der Waals surface area contributed by atoms with Crippen molar-refractivity contribution in [3.05, 3.63) is 58.4 Å². The van der Waals surface area contributed by atoms with Crippen LogP contribution in [0.2, 0.25) is 0 Å². The van der Waals surface area contributed by atoms with Crippen LogP contribution in [0.1, 0.15) is 22.3 Å². The summed E-state index contributed by atoms with van der Waals surface area (Å²) in [6.45, 7) is 2.99. The summed E-state index contributed by atoms with van der Waals surface area (Å²) in [5.74, 6) is 1.48. The van der Waals surface area contributed by atoms with Gasteiger partial charge >= 0.3 is 0 Å². The van der Waals surface area contributed by atoms with Gasteiger partial charge in [0.1, 0.15) is 11.4 Å². The van der Waals surface area contributed by atoms with E-state index in [4.69, 9.17) is 9.26 Å². The Labute approximate surface area is 144 Å². The van der Waals surface area contributed by atoms with Crippen LogP contribution in [0.3, 0.4) is 0 Å². The van der Waals surface area contributed by atoms with Gasteiger partial charge in [-0.15, -0.1) is 11.3 Å². The highest BCUT2D eigenvalue weighted by Crippen LogP contribution is 2.24. The number of hydrogen-bond donors (Lipinski definition) is 0. The highest BCUT2D eigenvalue weighted by atomic mass is 32.1. The maximum Gasteiger partial charge on any atom is 0.264 e. The van der Waals surface area contributed by atoms with Crippen LogP contribution in [-0.4, -0.2) is 29.6 Å². The van der Waals surface area contributed by atoms with E-state index < -0.39 is 0 Å². The molecule has 0 aliphatic heterocycles. The fraction of sp³-hybridized carbons (Fsp3) is 0.222. The zero-order valence-corrected chi connectivity index (χ0v) is 14.4. The van der Waals surface area contributed by atoms with Gasteiger partial charge in [-0.1, -0.05) is 11.2 Å². The smallest absolute Gasteiger partial charge is 0.264 e. The molecule has 24 heavy (non-hydrogen) atoms. The highest BCUT2D eigenvalue weighted by molar-refractivity contribution is 7.12. The third-order valence-electron chi connectivity index (χ3n) is 3.69. The summed E-state index contributed by atoms with van der Waals surface area (Å²) in [6, 6.07) is 13.2. The average molecular weight is 342 g/mol. The Balaban J connectivity index is 1.73. The fourth-order valence-corrected chi connectivity index (χ4v) is 3.05. The van der Waals surface area contributed by atoms with E-state index in [9.17, 15) is 4.79 Å². The van der Waals surface area contributed by atoms with Crippen molar-refractivity contribution in [3.8, 4) is 17.1 Å². The lowest BCUT2D eigenvalue weighted by Crippen LogP contribution is -2.29. The third kappa shape index (κ3) is 3.49. The van der Waals surface area contributed by atoms with Gasteiger partial charge < -0.3 is 14.2 Å². The number of aromatic nitrogens is 1. The minimum atomic E-state index is 0.0153. The van der Waals surface area contributed by atoms with E-state index in [-0.39, 0.29) is 5.91 Å². The molecule has 5 nitrogen and oxygen atoms in total. The molecule has 0 N–H and O–H groups in total. The van der Waals surface area contributed by atoms with Crippen molar-refractivity contribution in [1.82, 2.24) is 10.1 Å². The van der Waals surface area contributed by atoms with Gasteiger partial charge in [0.05, 0.1) is 18.5 Å². The molecule has 0 fully saturated rings. The SMILES string of the molecule is CCN(Cc1cc(-c2ccc(OC)cc2)on1)C(=O)c1cccs1. The predicted molar refractivity (Wildman–Crippen MR) is 93.2 cm³/mol. The molecular weight excluding hydrogens is 324 g/mol. The number of methoxy groups -OCH3 is 1. The van der Waals surface area contributed by atoms with Gasteiger partial charge in [0, 0.05) is 18.2 Å². The number of rotatable bonds is 6. The first-order chi connectivity index (χ1) is 11.7. The number of hydrogen-bond acceptors (Lipinski definition) is 5. The van der Waals surface area contributed by atoms with E-state index in [0.717, 1.165) is 21.9 Å². The van der Waals surface area contributed by atoms with E-state index in [0.29, 0.717) is 18.8 Å². The van der Waals surface area contributed by atoms with Crippen molar-refractivity contribution >= 4 is 17.2 Å². The summed E-state index contributed by atoms with van der Waals surface area (Å²) in [6.07, 6.45) is 0. The lowest BCUT2D eigenvalue weighted by Gasteiger charge is -2.18. The Kier molecular flexibility index (Phi) is 4.96. The quantitative estimate of drug-likeness (QED) is 0.677. The van der Waals surface area contributed by atoms with Crippen molar-refractivity contribution in [2.75, 3.05) is 13.7 Å². The zero-order valence-electron chi connectivity index (χ0n) is 13.6. The normalized spacial score (nSPS) is 10.6. The van der Waals surface area contributed by atoms with E-state index in [1.54, 1.807) is 12.0 Å². The molecule has 0 bridgehead atoms. The molecule has 2 aromatic heterocycles. The van der Waals surface area contributed by atoms with Crippen LogP contribution in [0.15, 0.2) is 52.4 Å². The summed E-state index contributed by atoms with van der Waals surface area (Å²) in [7, 11) is 1.63. The molecule has 6 heteroatoms. The summed E-state index contributed by atoms with van der Waals surface area (Å²) in [5, 5.41) is 5.99. The van der Waals surface area contributed by atoms with E-state index in [1.165, 1.54) is 11.3 Å². The molecule has 1 aromatic carbocycles. The van der Waals surface area contributed by atoms with Gasteiger partial charge in [-0.05, 0) is 42.6 Å². The first-order valence-electron chi connectivity index (χ1n) is 7.64. The Morgan fingerprint density at radius 3 is 2.71 bits per heavy atom. The van der Waals surface area contributed by atoms with Crippen molar-refractivity contribution in [2.24, 2.45) is 0 Å². The van der Waals surface area contributed by atoms with Gasteiger partial charge in [0.25, 0.3) is 5.91 Å². The molecule has 0 saturated carbocycles. The van der Waals surface area contributed by atoms with E-state index in [2.05, 4.69) is 5.16 Å². The fourth-order valence-electron chi connectivity index (χ4n) is 2.36. The Bertz CT molecular complexity index is 794. The first-order valence-corrected chi connectivity index (χ1v) is 8.52. The van der Waals surface area contributed by atoms with Gasteiger partial charge in [0.2, 0.25) is 0 Å². The van der Waals surface area contributed by atoms with Crippen LogP contribution < -0.4 is 4.74 Å². The van der Waals surface area contributed by atoms with Gasteiger partial charge in [0.15, 0.2) is 5.76 Å². The van der Waals surface area contributed by atoms with Crippen molar-refractivity contribution in [3.63, 3.8) is 0 Å². The molecule has 0 unspecified atom stereocenters. The highest BCUT2D eigenvalue weighted by Gasteiger charge is 2.17. The average Bonchev–Trinajstić information content (AvgIpc) is 3.31. The summed E-state index contributed by atoms with van der Waals surface area (Å²) >= 11 is 1.44. The van der Waals surface area contributed by atoms with Gasteiger partial charge in [-0.3, -0.25) is 4.79 Å². The van der Waals surface area contributed by atoms with E-state index >= 15 is 0 Å². The Morgan fingerprint density at radius 1 is 1.29 bits per heavy atom. The number of carbonyl (C=O) groups excluding carboxylic acids is 1. The molecule has 3 aromatic rings. The molecule has 2 heterocycles. The number of thiophene rings is 1. The predicted octanol–water partition coefficient (Wildman–Crippen LogP) is 4.07. The molecule has 0 aliphatic carbocycles. The minimum absolute atomic E-state index is 0.0153. The van der Waals surface area contributed by atoms with Crippen LogP contribution in [0.25, 0.3) is 11.3 Å². The van der Waals surface area contributed by atoms with Crippen LogP contribution in [0.5, 0.6) is 5.75 Å². The van der Waals surface area contributed by atoms with Crippen LogP contribution in [0, 0.1) is 0 Å². The number of amides is 1. The topological polar surface area (TPSA) is 55.6 Å². The first kappa shape index (κ1) is 16.3. The second kappa shape index (κ2) is 7.31. The molecule has 124 valence electrons. The molecule has 0 spiro atoms. The Morgan fingerprint density at radius 2 is 2.08 bits per heavy atom. The number of nitrogens with zero attached hydrogens (tertiary/aromatic N) is 2. The van der Waals surface area contributed by atoms with Gasteiger partial charge in [-0.25, -0.2) is 0 Å². The monoisotopic (exact) mass is 342 g/mol. The van der Waals surface area contributed by atoms with Crippen molar-refractivity contribution in [2.45, 2.75) is 13.5 Å². The molecule has 0 atom stereocenters. The number of benzene rings is 1. The minimum Gasteiger partial charge on any atom is -0.497 e. The standard InChI is InChI=1S/C18H18N2O3S/c1-3-20(18(21)17-5-4-10-24-17)12-14-11-16(23-19-14)13-6-8-15(22-2)9-7-13/h4-11H,3,12H2,1-2H3. The third-order valence-corrected chi connectivity index (χ3v) is 4.55. The van der Waals surface area contributed by atoms with Crippen LogP contribution in [-0.2, 0) is 6.54 Å². The molecule has 1 amide bonds. The molecule has 3 rings (SSSR count). The number of carbonyl (C=O) groups is 1. The summed E-state index contributed by atoms with van der Waals surface area (Å²) in [5.41, 5.74) is 1.65. The van der Waals surface area contributed by atoms with Crippen LogP contribution >= 0.6 is 11.3 Å². The molecule has 0 aliphatic rings. The largest absolute Gasteiger partial charge is 0.497 e. The lowest BCUT2D eigenvalue weighted by molar-refractivity contribution is 0.0754. The second-order valence-corrected chi connectivity index (χ2v) is 6.16. The van der Waals surface area contributed by atoms with Gasteiger partial charge in [-0.2, -0.15) is 0 Å². The summed E-state index contributed by atoms with van der Waals surface area (Å²) in [4.78, 5) is 14.9. The zero-order chi connectivity index (χ0) is 16.9. The van der Waals surface area contributed by atoms with Crippen LogP contribution in [0.4, 0.5) is 0 Å². The van der Waals surface area contributed by atoms with E-state index in [1.807, 2.05) is 54.8 Å². The lowest BCUT2D eigenvalue weighted by atomic mass is 10.1. The molecule has 0 saturated heterocycles. The summed E-state index contributed by atoms with van der Waals surface area (Å²) < 4.78 is 10.6. The molecule has 0 radical (unpaired) electrons. The Hall–Kier alpha value is -2.60. The maximum absolute atomic E-state index is 12.5. The second-order valence-electron chi connectivity index (χ2n) is 5.21. The molecular formula is C18H18N2O3S. The van der Waals surface area contributed by atoms with Crippen molar-refractivity contribution in [1.29, 1.82) is 0 Å². The van der Waals surface area contributed by atoms with Crippen molar-refractivity contribution < 1.29 is 14.1 Å². The number of ether oxygens (including phenoxy) is 1.